The molecule has 0 radical (unpaired) electrons. The normalized spacial score (nSPS) is 12.8. The molecule has 1 aliphatic heterocycles. The number of rotatable bonds is 2. The average Bonchev–Trinajstić information content (AvgIpc) is 2.51. The highest BCUT2D eigenvalue weighted by molar-refractivity contribution is 6.33. The number of ether oxygens (including phenoxy) is 2. The van der Waals surface area contributed by atoms with Gasteiger partial charge in [-0.05, 0) is 30.3 Å². The number of carbonyl (C=O) groups is 1. The van der Waals surface area contributed by atoms with Crippen LogP contribution >= 0.6 is 23.2 Å². The molecular formula is C15H11Cl2NO4. The SMILES string of the molecule is O=C(Nc1cc(Cl)ccc1O)c1cc(Cl)c2c(c1)OCCO2. The number of anilines is 1. The number of phenolic OH excluding ortho intramolecular Hbond substituents is 1. The molecule has 0 unspecified atom stereocenters. The van der Waals surface area contributed by atoms with Crippen LogP contribution < -0.4 is 14.8 Å². The molecule has 7 heteroatoms. The van der Waals surface area contributed by atoms with Crippen molar-refractivity contribution in [2.45, 2.75) is 0 Å². The maximum atomic E-state index is 12.3. The fourth-order valence-electron chi connectivity index (χ4n) is 2.04. The van der Waals surface area contributed by atoms with E-state index < -0.39 is 5.91 Å². The Morgan fingerprint density at radius 1 is 1.14 bits per heavy atom. The molecule has 0 spiro atoms. The Labute approximate surface area is 136 Å². The molecule has 0 atom stereocenters. The molecule has 1 aliphatic rings. The van der Waals surface area contributed by atoms with Crippen molar-refractivity contribution in [3.8, 4) is 17.2 Å². The summed E-state index contributed by atoms with van der Waals surface area (Å²) in [6.45, 7) is 0.804. The third-order valence-electron chi connectivity index (χ3n) is 3.07. The summed E-state index contributed by atoms with van der Waals surface area (Å²) in [7, 11) is 0. The predicted molar refractivity (Wildman–Crippen MR) is 83.5 cm³/mol. The molecule has 0 bridgehead atoms. The number of halogens is 2. The first-order valence-electron chi connectivity index (χ1n) is 6.43. The molecule has 0 saturated carbocycles. The molecule has 0 aliphatic carbocycles. The van der Waals surface area contributed by atoms with Crippen molar-refractivity contribution in [3.05, 3.63) is 45.9 Å². The minimum absolute atomic E-state index is 0.0820. The highest BCUT2D eigenvalue weighted by Gasteiger charge is 2.19. The van der Waals surface area contributed by atoms with Crippen LogP contribution in [-0.4, -0.2) is 24.2 Å². The molecule has 0 saturated heterocycles. The standard InChI is InChI=1S/C15H11Cl2NO4/c16-9-1-2-12(19)11(7-9)18-15(20)8-5-10(17)14-13(6-8)21-3-4-22-14/h1-2,5-7,19H,3-4H2,(H,18,20). The van der Waals surface area contributed by atoms with E-state index in [2.05, 4.69) is 5.32 Å². The Balaban J connectivity index is 1.89. The van der Waals surface area contributed by atoms with Gasteiger partial charge in [0.15, 0.2) is 11.5 Å². The number of hydrogen-bond donors (Lipinski definition) is 2. The van der Waals surface area contributed by atoms with E-state index in [0.717, 1.165) is 0 Å². The van der Waals surface area contributed by atoms with Gasteiger partial charge in [0.05, 0.1) is 10.7 Å². The highest BCUT2D eigenvalue weighted by atomic mass is 35.5. The first kappa shape index (κ1) is 14.8. The van der Waals surface area contributed by atoms with Crippen LogP contribution in [0.15, 0.2) is 30.3 Å². The van der Waals surface area contributed by atoms with Gasteiger partial charge in [-0.25, -0.2) is 0 Å². The third kappa shape index (κ3) is 2.91. The lowest BCUT2D eigenvalue weighted by molar-refractivity contribution is 0.102. The number of carbonyl (C=O) groups excluding carboxylic acids is 1. The summed E-state index contributed by atoms with van der Waals surface area (Å²) in [6.07, 6.45) is 0. The Morgan fingerprint density at radius 3 is 2.73 bits per heavy atom. The summed E-state index contributed by atoms with van der Waals surface area (Å²) in [5, 5.41) is 13.0. The summed E-state index contributed by atoms with van der Waals surface area (Å²) < 4.78 is 10.8. The van der Waals surface area contributed by atoms with Crippen molar-refractivity contribution in [2.24, 2.45) is 0 Å². The van der Waals surface area contributed by atoms with Crippen molar-refractivity contribution in [3.63, 3.8) is 0 Å². The van der Waals surface area contributed by atoms with Crippen LogP contribution in [0.3, 0.4) is 0 Å². The minimum Gasteiger partial charge on any atom is -0.506 e. The van der Waals surface area contributed by atoms with Gasteiger partial charge in [0.2, 0.25) is 0 Å². The van der Waals surface area contributed by atoms with Gasteiger partial charge in [-0.1, -0.05) is 23.2 Å². The van der Waals surface area contributed by atoms with Gasteiger partial charge in [0, 0.05) is 10.6 Å². The van der Waals surface area contributed by atoms with E-state index in [1.165, 1.54) is 30.3 Å². The largest absolute Gasteiger partial charge is 0.506 e. The maximum Gasteiger partial charge on any atom is 0.255 e. The molecule has 3 rings (SSSR count). The number of fused-ring (bicyclic) bond motifs is 1. The molecule has 2 aromatic carbocycles. The molecule has 2 aromatic rings. The first-order chi connectivity index (χ1) is 10.5. The van der Waals surface area contributed by atoms with E-state index in [1.54, 1.807) is 0 Å². The van der Waals surface area contributed by atoms with Crippen molar-refractivity contribution in [1.82, 2.24) is 0 Å². The molecule has 114 valence electrons. The predicted octanol–water partition coefficient (Wildman–Crippen LogP) is 3.72. The lowest BCUT2D eigenvalue weighted by Crippen LogP contribution is -2.17. The maximum absolute atomic E-state index is 12.3. The first-order valence-corrected chi connectivity index (χ1v) is 7.19. The van der Waals surface area contributed by atoms with E-state index >= 15 is 0 Å². The third-order valence-corrected chi connectivity index (χ3v) is 3.58. The number of hydrogen-bond acceptors (Lipinski definition) is 4. The number of phenols is 1. The zero-order valence-electron chi connectivity index (χ0n) is 11.2. The summed E-state index contributed by atoms with van der Waals surface area (Å²) in [5.74, 6) is 0.312. The molecule has 1 amide bonds. The number of aromatic hydroxyl groups is 1. The Kier molecular flexibility index (Phi) is 4.00. The van der Waals surface area contributed by atoms with Gasteiger partial charge < -0.3 is 19.9 Å². The molecule has 2 N–H and O–H groups in total. The summed E-state index contributed by atoms with van der Waals surface area (Å²) >= 11 is 11.9. The van der Waals surface area contributed by atoms with Crippen LogP contribution in [0.2, 0.25) is 10.0 Å². The van der Waals surface area contributed by atoms with Crippen LogP contribution in [-0.2, 0) is 0 Å². The lowest BCUT2D eigenvalue weighted by Gasteiger charge is -2.20. The fourth-order valence-corrected chi connectivity index (χ4v) is 2.48. The van der Waals surface area contributed by atoms with E-state index in [4.69, 9.17) is 32.7 Å². The second-order valence-corrected chi connectivity index (χ2v) is 5.44. The second kappa shape index (κ2) is 5.94. The Bertz CT molecular complexity index is 749. The van der Waals surface area contributed by atoms with Gasteiger partial charge >= 0.3 is 0 Å². The van der Waals surface area contributed by atoms with E-state index in [1.807, 2.05) is 0 Å². The topological polar surface area (TPSA) is 67.8 Å². The molecule has 22 heavy (non-hydrogen) atoms. The van der Waals surface area contributed by atoms with E-state index in [9.17, 15) is 9.90 Å². The van der Waals surface area contributed by atoms with E-state index in [-0.39, 0.29) is 22.0 Å². The van der Waals surface area contributed by atoms with Crippen LogP contribution in [0, 0.1) is 0 Å². The van der Waals surface area contributed by atoms with Gasteiger partial charge in [0.25, 0.3) is 5.91 Å². The number of nitrogens with one attached hydrogen (secondary N) is 1. The molecule has 0 fully saturated rings. The van der Waals surface area contributed by atoms with Gasteiger partial charge in [-0.2, -0.15) is 0 Å². The Morgan fingerprint density at radius 2 is 1.91 bits per heavy atom. The zero-order chi connectivity index (χ0) is 15.7. The second-order valence-electron chi connectivity index (χ2n) is 4.60. The van der Waals surface area contributed by atoms with Crippen molar-refractivity contribution in [1.29, 1.82) is 0 Å². The van der Waals surface area contributed by atoms with Gasteiger partial charge in [-0.3, -0.25) is 4.79 Å². The fraction of sp³-hybridized carbons (Fsp3) is 0.133. The monoisotopic (exact) mass is 339 g/mol. The van der Waals surface area contributed by atoms with Crippen LogP contribution in [0.25, 0.3) is 0 Å². The Hall–Kier alpha value is -2.11. The molecule has 1 heterocycles. The lowest BCUT2D eigenvalue weighted by atomic mass is 10.1. The van der Waals surface area contributed by atoms with Crippen LogP contribution in [0.4, 0.5) is 5.69 Å². The van der Waals surface area contributed by atoms with Crippen LogP contribution in [0.5, 0.6) is 17.2 Å². The highest BCUT2D eigenvalue weighted by Crippen LogP contribution is 2.38. The van der Waals surface area contributed by atoms with Gasteiger partial charge in [0.1, 0.15) is 19.0 Å². The quantitative estimate of drug-likeness (QED) is 0.818. The summed E-state index contributed by atoms with van der Waals surface area (Å²) in [4.78, 5) is 12.3. The number of amides is 1. The smallest absolute Gasteiger partial charge is 0.255 e. The molecular weight excluding hydrogens is 329 g/mol. The van der Waals surface area contributed by atoms with Crippen molar-refractivity contribution in [2.75, 3.05) is 18.5 Å². The molecule has 0 aromatic heterocycles. The zero-order valence-corrected chi connectivity index (χ0v) is 12.7. The van der Waals surface area contributed by atoms with Crippen LogP contribution in [0.1, 0.15) is 10.4 Å². The summed E-state index contributed by atoms with van der Waals surface area (Å²) in [5.41, 5.74) is 0.497. The average molecular weight is 340 g/mol. The van der Waals surface area contributed by atoms with E-state index in [0.29, 0.717) is 29.7 Å². The number of benzene rings is 2. The molecule has 5 nitrogen and oxygen atoms in total. The van der Waals surface area contributed by atoms with Gasteiger partial charge in [-0.15, -0.1) is 0 Å². The minimum atomic E-state index is -0.448. The van der Waals surface area contributed by atoms with Crippen molar-refractivity contribution >= 4 is 34.8 Å². The van der Waals surface area contributed by atoms with Crippen molar-refractivity contribution < 1.29 is 19.4 Å². The summed E-state index contributed by atoms with van der Waals surface area (Å²) in [6, 6.07) is 7.39.